The number of nitrogens with zero attached hydrogens (tertiary/aromatic N) is 1. The molecule has 1 aromatic carbocycles. The Bertz CT molecular complexity index is 575. The van der Waals surface area contributed by atoms with Crippen molar-refractivity contribution in [2.75, 3.05) is 33.3 Å². The van der Waals surface area contributed by atoms with E-state index in [0.29, 0.717) is 18.2 Å². The van der Waals surface area contributed by atoms with E-state index in [-0.39, 0.29) is 4.90 Å². The molecule has 0 bridgehead atoms. The van der Waals surface area contributed by atoms with E-state index in [1.165, 1.54) is 26.5 Å². The van der Waals surface area contributed by atoms with Crippen molar-refractivity contribution in [2.24, 2.45) is 5.92 Å². The quantitative estimate of drug-likeness (QED) is 0.833. The van der Waals surface area contributed by atoms with Gasteiger partial charge in [0.15, 0.2) is 0 Å². The molecule has 1 aliphatic rings. The highest BCUT2D eigenvalue weighted by Crippen LogP contribution is 2.23. The topological polar surface area (TPSA) is 58.6 Å². The van der Waals surface area contributed by atoms with Crippen molar-refractivity contribution in [3.63, 3.8) is 0 Å². The molecule has 22 heavy (non-hydrogen) atoms. The molecule has 1 aliphatic heterocycles. The molecule has 0 aromatic heterocycles. The summed E-state index contributed by atoms with van der Waals surface area (Å²) in [5, 5.41) is 0. The fraction of sp³-hybridized carbons (Fsp3) is 0.625. The number of piperidine rings is 1. The molecular formula is C16H26N2O3S. The number of benzene rings is 1. The zero-order chi connectivity index (χ0) is 16.0. The van der Waals surface area contributed by atoms with Gasteiger partial charge in [-0.05, 0) is 50.4 Å². The van der Waals surface area contributed by atoms with E-state index in [1.807, 2.05) is 0 Å². The van der Waals surface area contributed by atoms with Gasteiger partial charge in [-0.1, -0.05) is 19.1 Å². The molecule has 1 N–H and O–H groups in total. The number of para-hydroxylation sites is 1. The summed E-state index contributed by atoms with van der Waals surface area (Å²) in [4.78, 5) is 2.64. The summed E-state index contributed by atoms with van der Waals surface area (Å²) in [7, 11) is -2.03. The van der Waals surface area contributed by atoms with Crippen molar-refractivity contribution in [1.82, 2.24) is 9.62 Å². The van der Waals surface area contributed by atoms with Gasteiger partial charge in [-0.15, -0.1) is 0 Å². The number of methoxy groups -OCH3 is 1. The van der Waals surface area contributed by atoms with E-state index in [4.69, 9.17) is 4.74 Å². The van der Waals surface area contributed by atoms with E-state index >= 15 is 0 Å². The highest BCUT2D eigenvalue weighted by molar-refractivity contribution is 7.89. The third-order valence-corrected chi connectivity index (χ3v) is 5.75. The van der Waals surface area contributed by atoms with Crippen LogP contribution in [0.25, 0.3) is 0 Å². The minimum atomic E-state index is -3.51. The van der Waals surface area contributed by atoms with Crippen molar-refractivity contribution in [3.05, 3.63) is 24.3 Å². The second-order valence-corrected chi connectivity index (χ2v) is 7.47. The SMILES string of the molecule is CCN1CCC[C@@H](CCNS(=O)(=O)c2ccccc2OC)C1. The Morgan fingerprint density at radius 1 is 1.36 bits per heavy atom. The molecule has 0 spiro atoms. The molecule has 124 valence electrons. The third kappa shape index (κ3) is 4.44. The largest absolute Gasteiger partial charge is 0.495 e. The Kier molecular flexibility index (Phi) is 6.23. The van der Waals surface area contributed by atoms with E-state index in [9.17, 15) is 8.42 Å². The summed E-state index contributed by atoms with van der Waals surface area (Å²) >= 11 is 0. The second-order valence-electron chi connectivity index (χ2n) is 5.74. The molecule has 1 atom stereocenters. The first-order chi connectivity index (χ1) is 10.6. The molecule has 0 radical (unpaired) electrons. The van der Waals surface area contributed by atoms with E-state index in [0.717, 1.165) is 19.5 Å². The molecule has 0 aliphatic carbocycles. The number of ether oxygens (including phenoxy) is 1. The van der Waals surface area contributed by atoms with Gasteiger partial charge in [0.1, 0.15) is 10.6 Å². The van der Waals surface area contributed by atoms with Crippen LogP contribution in [0.3, 0.4) is 0 Å². The van der Waals surface area contributed by atoms with E-state index in [1.54, 1.807) is 24.3 Å². The van der Waals surface area contributed by atoms with Crippen LogP contribution >= 0.6 is 0 Å². The van der Waals surface area contributed by atoms with Crippen LogP contribution in [0.15, 0.2) is 29.2 Å². The minimum Gasteiger partial charge on any atom is -0.495 e. The van der Waals surface area contributed by atoms with Crippen LogP contribution in [-0.2, 0) is 10.0 Å². The van der Waals surface area contributed by atoms with Gasteiger partial charge in [0.05, 0.1) is 7.11 Å². The average Bonchev–Trinajstić information content (AvgIpc) is 2.55. The van der Waals surface area contributed by atoms with Crippen LogP contribution in [0.2, 0.25) is 0 Å². The molecule has 1 heterocycles. The fourth-order valence-electron chi connectivity index (χ4n) is 2.99. The van der Waals surface area contributed by atoms with Crippen molar-refractivity contribution in [2.45, 2.75) is 31.1 Å². The summed E-state index contributed by atoms with van der Waals surface area (Å²) in [6.07, 6.45) is 3.27. The van der Waals surface area contributed by atoms with Gasteiger partial charge in [-0.2, -0.15) is 0 Å². The van der Waals surface area contributed by atoms with Gasteiger partial charge in [0.25, 0.3) is 0 Å². The van der Waals surface area contributed by atoms with E-state index in [2.05, 4.69) is 16.5 Å². The third-order valence-electron chi connectivity index (χ3n) is 4.25. The first-order valence-electron chi connectivity index (χ1n) is 7.92. The first kappa shape index (κ1) is 17.2. The lowest BCUT2D eigenvalue weighted by Crippen LogP contribution is -2.36. The number of hydrogen-bond acceptors (Lipinski definition) is 4. The van der Waals surface area contributed by atoms with Crippen molar-refractivity contribution in [3.8, 4) is 5.75 Å². The fourth-order valence-corrected chi connectivity index (χ4v) is 4.21. The molecular weight excluding hydrogens is 300 g/mol. The van der Waals surface area contributed by atoms with Crippen LogP contribution in [0.5, 0.6) is 5.75 Å². The lowest BCUT2D eigenvalue weighted by molar-refractivity contribution is 0.177. The molecule has 5 nitrogen and oxygen atoms in total. The van der Waals surface area contributed by atoms with Gasteiger partial charge in [-0.25, -0.2) is 13.1 Å². The van der Waals surface area contributed by atoms with Crippen LogP contribution in [-0.4, -0.2) is 46.6 Å². The molecule has 1 fully saturated rings. The second kappa shape index (κ2) is 7.94. The summed E-state index contributed by atoms with van der Waals surface area (Å²) < 4.78 is 32.6. The Morgan fingerprint density at radius 3 is 2.86 bits per heavy atom. The van der Waals surface area contributed by atoms with Crippen LogP contribution in [0, 0.1) is 5.92 Å². The first-order valence-corrected chi connectivity index (χ1v) is 9.40. The zero-order valence-electron chi connectivity index (χ0n) is 13.4. The molecule has 1 aromatic rings. The van der Waals surface area contributed by atoms with Gasteiger partial charge in [0.2, 0.25) is 10.0 Å². The molecule has 6 heteroatoms. The standard InChI is InChI=1S/C16H26N2O3S/c1-3-18-12-6-7-14(13-18)10-11-17-22(19,20)16-9-5-4-8-15(16)21-2/h4-5,8-9,14,17H,3,6-7,10-13H2,1-2H3/t14-/m0/s1. The molecule has 1 saturated heterocycles. The van der Waals surface area contributed by atoms with Gasteiger partial charge in [0, 0.05) is 13.1 Å². The molecule has 0 amide bonds. The Hall–Kier alpha value is -1.11. The molecule has 0 unspecified atom stereocenters. The maximum Gasteiger partial charge on any atom is 0.244 e. The predicted octanol–water partition coefficient (Wildman–Crippen LogP) is 2.10. The smallest absolute Gasteiger partial charge is 0.244 e. The maximum absolute atomic E-state index is 12.4. The number of likely N-dealkylation sites (tertiary alicyclic amines) is 1. The molecule has 0 saturated carbocycles. The van der Waals surface area contributed by atoms with Crippen molar-refractivity contribution < 1.29 is 13.2 Å². The monoisotopic (exact) mass is 326 g/mol. The highest BCUT2D eigenvalue weighted by atomic mass is 32.2. The van der Waals surface area contributed by atoms with Crippen LogP contribution in [0.4, 0.5) is 0 Å². The van der Waals surface area contributed by atoms with Crippen LogP contribution < -0.4 is 9.46 Å². The Morgan fingerprint density at radius 2 is 2.14 bits per heavy atom. The number of sulfonamides is 1. The van der Waals surface area contributed by atoms with Gasteiger partial charge in [-0.3, -0.25) is 0 Å². The predicted molar refractivity (Wildman–Crippen MR) is 87.6 cm³/mol. The maximum atomic E-state index is 12.4. The Labute approximate surface area is 133 Å². The van der Waals surface area contributed by atoms with Gasteiger partial charge < -0.3 is 9.64 Å². The van der Waals surface area contributed by atoms with E-state index < -0.39 is 10.0 Å². The Balaban J connectivity index is 1.90. The zero-order valence-corrected chi connectivity index (χ0v) is 14.2. The average molecular weight is 326 g/mol. The summed E-state index contributed by atoms with van der Waals surface area (Å²) in [6.45, 7) is 5.96. The number of hydrogen-bond donors (Lipinski definition) is 1. The lowest BCUT2D eigenvalue weighted by Gasteiger charge is -2.31. The minimum absolute atomic E-state index is 0.205. The normalized spacial score (nSPS) is 20.0. The number of nitrogens with one attached hydrogen (secondary N) is 1. The summed E-state index contributed by atoms with van der Waals surface area (Å²) in [5.74, 6) is 0.957. The van der Waals surface area contributed by atoms with Crippen molar-refractivity contribution in [1.29, 1.82) is 0 Å². The number of rotatable bonds is 7. The summed E-state index contributed by atoms with van der Waals surface area (Å²) in [6, 6.07) is 6.70. The lowest BCUT2D eigenvalue weighted by atomic mass is 9.95. The summed E-state index contributed by atoms with van der Waals surface area (Å²) in [5.41, 5.74) is 0. The van der Waals surface area contributed by atoms with Gasteiger partial charge >= 0.3 is 0 Å². The van der Waals surface area contributed by atoms with Crippen molar-refractivity contribution >= 4 is 10.0 Å². The van der Waals surface area contributed by atoms with Crippen LogP contribution in [0.1, 0.15) is 26.2 Å². The molecule has 2 rings (SSSR count). The highest BCUT2D eigenvalue weighted by Gasteiger charge is 2.21.